The van der Waals surface area contributed by atoms with Crippen molar-refractivity contribution in [3.8, 4) is 0 Å². The Hall–Kier alpha value is -1.80. The third-order valence-electron chi connectivity index (χ3n) is 3.03. The maximum atomic E-state index is 13.7. The minimum absolute atomic E-state index is 0.214. The van der Waals surface area contributed by atoms with Crippen LogP contribution in [-0.4, -0.2) is 37.3 Å². The van der Waals surface area contributed by atoms with Gasteiger partial charge in [-0.25, -0.2) is 8.78 Å². The molecule has 0 spiro atoms. The van der Waals surface area contributed by atoms with Gasteiger partial charge < -0.3 is 15.4 Å². The molecule has 0 aromatic heterocycles. The van der Waals surface area contributed by atoms with Crippen LogP contribution in [0.2, 0.25) is 0 Å². The van der Waals surface area contributed by atoms with Gasteiger partial charge >= 0.3 is 0 Å². The Bertz CT molecular complexity index is 475. The van der Waals surface area contributed by atoms with Crippen LogP contribution in [0.15, 0.2) is 12.1 Å². The molecule has 0 radical (unpaired) electrons. The summed E-state index contributed by atoms with van der Waals surface area (Å²) in [7, 11) is 1.51. The maximum absolute atomic E-state index is 13.7. The molecule has 1 aliphatic rings. The first kappa shape index (κ1) is 13.6. The first-order chi connectivity index (χ1) is 9.02. The number of methoxy groups -OCH3 is 1. The highest BCUT2D eigenvalue weighted by molar-refractivity contribution is 5.52. The number of hydrogen-bond acceptors (Lipinski definition) is 5. The molecule has 1 aromatic rings. The molecule has 1 aromatic carbocycles. The molecule has 1 fully saturated rings. The van der Waals surface area contributed by atoms with E-state index in [1.54, 1.807) is 0 Å². The lowest BCUT2D eigenvalue weighted by Gasteiger charge is -2.20. The SMILES string of the molecule is CO[C@H]1CNCC1Nc1c(F)cc([N+](=O)[O-])cc1F. The molecule has 2 N–H and O–H groups in total. The quantitative estimate of drug-likeness (QED) is 0.638. The molecule has 8 heteroatoms. The van der Waals surface area contributed by atoms with E-state index in [-0.39, 0.29) is 17.8 Å². The summed E-state index contributed by atoms with van der Waals surface area (Å²) in [6.45, 7) is 1.07. The van der Waals surface area contributed by atoms with Crippen LogP contribution < -0.4 is 10.6 Å². The molecule has 1 saturated heterocycles. The Morgan fingerprint density at radius 1 is 1.42 bits per heavy atom. The summed E-state index contributed by atoms with van der Waals surface area (Å²) in [5.74, 6) is -1.98. The second-order valence-corrected chi connectivity index (χ2v) is 4.22. The van der Waals surface area contributed by atoms with Crippen molar-refractivity contribution in [3.05, 3.63) is 33.9 Å². The standard InChI is InChI=1S/C11H13F2N3O3/c1-19-10-5-14-4-9(10)15-11-7(12)2-6(16(17)18)3-8(11)13/h2-3,9-10,14-15H,4-5H2,1H3/t9?,10-/m0/s1. The molecule has 104 valence electrons. The number of nitrogens with zero attached hydrogens (tertiary/aromatic N) is 1. The monoisotopic (exact) mass is 273 g/mol. The van der Waals surface area contributed by atoms with Gasteiger partial charge in [0, 0.05) is 20.2 Å². The van der Waals surface area contributed by atoms with Crippen molar-refractivity contribution in [1.82, 2.24) is 5.32 Å². The van der Waals surface area contributed by atoms with E-state index in [1.165, 1.54) is 7.11 Å². The minimum Gasteiger partial charge on any atom is -0.378 e. The summed E-state index contributed by atoms with van der Waals surface area (Å²) in [6.07, 6.45) is -0.214. The van der Waals surface area contributed by atoms with Gasteiger partial charge in [0.25, 0.3) is 5.69 Å². The number of ether oxygens (including phenoxy) is 1. The third-order valence-corrected chi connectivity index (χ3v) is 3.03. The molecule has 0 bridgehead atoms. The minimum atomic E-state index is -0.992. The van der Waals surface area contributed by atoms with E-state index in [0.717, 1.165) is 0 Å². The Morgan fingerprint density at radius 3 is 2.58 bits per heavy atom. The van der Waals surface area contributed by atoms with Crippen LogP contribution in [0.3, 0.4) is 0 Å². The van der Waals surface area contributed by atoms with Crippen LogP contribution in [0, 0.1) is 21.7 Å². The van der Waals surface area contributed by atoms with Crippen molar-refractivity contribution in [2.75, 3.05) is 25.5 Å². The fourth-order valence-corrected chi connectivity index (χ4v) is 2.03. The summed E-state index contributed by atoms with van der Waals surface area (Å²) < 4.78 is 32.5. The fraction of sp³-hybridized carbons (Fsp3) is 0.455. The van der Waals surface area contributed by atoms with Gasteiger partial charge in [-0.05, 0) is 0 Å². The molecule has 2 atom stereocenters. The Labute approximate surface area is 107 Å². The van der Waals surface area contributed by atoms with Gasteiger partial charge in [0.1, 0.15) is 5.69 Å². The van der Waals surface area contributed by atoms with E-state index in [1.807, 2.05) is 0 Å². The number of nitro benzene ring substituents is 1. The molecule has 0 aliphatic carbocycles. The topological polar surface area (TPSA) is 76.4 Å². The zero-order valence-corrected chi connectivity index (χ0v) is 10.2. The van der Waals surface area contributed by atoms with Crippen LogP contribution in [0.4, 0.5) is 20.2 Å². The lowest BCUT2D eigenvalue weighted by atomic mass is 10.2. The van der Waals surface area contributed by atoms with Crippen molar-refractivity contribution >= 4 is 11.4 Å². The van der Waals surface area contributed by atoms with Crippen LogP contribution in [-0.2, 0) is 4.74 Å². The van der Waals surface area contributed by atoms with E-state index < -0.39 is 22.2 Å². The highest BCUT2D eigenvalue weighted by Crippen LogP contribution is 2.26. The first-order valence-corrected chi connectivity index (χ1v) is 5.66. The zero-order chi connectivity index (χ0) is 14.0. The molecule has 6 nitrogen and oxygen atoms in total. The highest BCUT2D eigenvalue weighted by atomic mass is 19.1. The van der Waals surface area contributed by atoms with Crippen LogP contribution in [0.25, 0.3) is 0 Å². The van der Waals surface area contributed by atoms with Gasteiger partial charge in [-0.15, -0.1) is 0 Å². The highest BCUT2D eigenvalue weighted by Gasteiger charge is 2.29. The van der Waals surface area contributed by atoms with Gasteiger partial charge in [0.05, 0.1) is 29.2 Å². The lowest BCUT2D eigenvalue weighted by molar-refractivity contribution is -0.385. The Kier molecular flexibility index (Phi) is 3.91. The van der Waals surface area contributed by atoms with Crippen molar-refractivity contribution in [2.24, 2.45) is 0 Å². The average Bonchev–Trinajstić information content (AvgIpc) is 2.80. The molecule has 1 unspecified atom stereocenters. The predicted octanol–water partition coefficient (Wildman–Crippen LogP) is 1.27. The van der Waals surface area contributed by atoms with E-state index in [9.17, 15) is 18.9 Å². The largest absolute Gasteiger partial charge is 0.378 e. The molecule has 1 heterocycles. The smallest absolute Gasteiger partial charge is 0.275 e. The van der Waals surface area contributed by atoms with E-state index >= 15 is 0 Å². The number of nitrogens with one attached hydrogen (secondary N) is 2. The zero-order valence-electron chi connectivity index (χ0n) is 10.2. The normalized spacial score (nSPS) is 22.5. The summed E-state index contributed by atoms with van der Waals surface area (Å²) in [6, 6.07) is 1.08. The van der Waals surface area contributed by atoms with Crippen molar-refractivity contribution in [1.29, 1.82) is 0 Å². The fourth-order valence-electron chi connectivity index (χ4n) is 2.03. The Morgan fingerprint density at radius 2 is 2.05 bits per heavy atom. The van der Waals surface area contributed by atoms with E-state index in [4.69, 9.17) is 4.74 Å². The average molecular weight is 273 g/mol. The third kappa shape index (κ3) is 2.79. The van der Waals surface area contributed by atoms with E-state index in [0.29, 0.717) is 25.2 Å². The van der Waals surface area contributed by atoms with Crippen LogP contribution in [0.1, 0.15) is 0 Å². The predicted molar refractivity (Wildman–Crippen MR) is 64.1 cm³/mol. The van der Waals surface area contributed by atoms with Gasteiger partial charge in [0.15, 0.2) is 11.6 Å². The number of benzene rings is 1. The second kappa shape index (κ2) is 5.45. The number of anilines is 1. The number of nitro groups is 1. The molecule has 1 aliphatic heterocycles. The van der Waals surface area contributed by atoms with Crippen molar-refractivity contribution in [3.63, 3.8) is 0 Å². The van der Waals surface area contributed by atoms with Gasteiger partial charge in [0.2, 0.25) is 0 Å². The van der Waals surface area contributed by atoms with Gasteiger partial charge in [-0.1, -0.05) is 0 Å². The van der Waals surface area contributed by atoms with Crippen molar-refractivity contribution < 1.29 is 18.4 Å². The van der Waals surface area contributed by atoms with Crippen molar-refractivity contribution in [2.45, 2.75) is 12.1 Å². The molecule has 0 amide bonds. The van der Waals surface area contributed by atoms with Crippen LogP contribution in [0.5, 0.6) is 0 Å². The summed E-state index contributed by atoms with van der Waals surface area (Å²) in [5, 5.41) is 16.2. The molecular formula is C11H13F2N3O3. The second-order valence-electron chi connectivity index (χ2n) is 4.22. The number of hydrogen-bond donors (Lipinski definition) is 2. The molecule has 0 saturated carbocycles. The number of rotatable bonds is 4. The summed E-state index contributed by atoms with van der Waals surface area (Å²) >= 11 is 0. The van der Waals surface area contributed by atoms with Crippen LogP contribution >= 0.6 is 0 Å². The number of halogens is 2. The van der Waals surface area contributed by atoms with Gasteiger partial charge in [-0.3, -0.25) is 10.1 Å². The Balaban J connectivity index is 2.23. The molecular weight excluding hydrogens is 260 g/mol. The van der Waals surface area contributed by atoms with Gasteiger partial charge in [-0.2, -0.15) is 0 Å². The molecule has 19 heavy (non-hydrogen) atoms. The number of non-ortho nitro benzene ring substituents is 1. The first-order valence-electron chi connectivity index (χ1n) is 5.66. The molecule has 2 rings (SSSR count). The maximum Gasteiger partial charge on any atom is 0.275 e. The lowest BCUT2D eigenvalue weighted by Crippen LogP contribution is -2.34. The summed E-state index contributed by atoms with van der Waals surface area (Å²) in [5.41, 5.74) is -0.991. The van der Waals surface area contributed by atoms with E-state index in [2.05, 4.69) is 10.6 Å². The summed E-state index contributed by atoms with van der Waals surface area (Å²) in [4.78, 5) is 9.64.